The van der Waals surface area contributed by atoms with Crippen LogP contribution in [0.4, 0.5) is 4.39 Å². The minimum atomic E-state index is -0.913. The van der Waals surface area contributed by atoms with Crippen LogP contribution in [-0.2, 0) is 10.2 Å². The van der Waals surface area contributed by atoms with Crippen molar-refractivity contribution in [3.63, 3.8) is 0 Å². The van der Waals surface area contributed by atoms with Gasteiger partial charge in [-0.1, -0.05) is 0 Å². The number of methoxy groups -OCH3 is 1. The first-order valence-corrected chi connectivity index (χ1v) is 6.64. The number of carbonyl (C=O) groups is 1. The monoisotopic (exact) mass is 282 g/mol. The summed E-state index contributed by atoms with van der Waals surface area (Å²) >= 11 is 0. The van der Waals surface area contributed by atoms with E-state index >= 15 is 0 Å². The zero-order chi connectivity index (χ0) is 14.9. The van der Waals surface area contributed by atoms with E-state index in [2.05, 4.69) is 0 Å². The van der Waals surface area contributed by atoms with Crippen molar-refractivity contribution in [3.05, 3.63) is 23.5 Å². The van der Waals surface area contributed by atoms with Crippen molar-refractivity contribution in [1.82, 2.24) is 0 Å². The van der Waals surface area contributed by atoms with E-state index in [9.17, 15) is 9.18 Å². The highest BCUT2D eigenvalue weighted by atomic mass is 19.1. The lowest BCUT2D eigenvalue weighted by Crippen LogP contribution is -2.16. The van der Waals surface area contributed by atoms with Crippen molar-refractivity contribution in [2.24, 2.45) is 0 Å². The van der Waals surface area contributed by atoms with E-state index in [0.29, 0.717) is 29.9 Å². The van der Waals surface area contributed by atoms with Gasteiger partial charge in [0.2, 0.25) is 0 Å². The lowest BCUT2D eigenvalue weighted by molar-refractivity contribution is -0.137. The predicted molar refractivity (Wildman–Crippen MR) is 71.9 cm³/mol. The molecule has 0 unspecified atom stereocenters. The lowest BCUT2D eigenvalue weighted by atomic mass is 9.91. The quantitative estimate of drug-likeness (QED) is 0.871. The molecule has 2 rings (SSSR count). The van der Waals surface area contributed by atoms with Crippen LogP contribution in [0.1, 0.15) is 38.7 Å². The van der Waals surface area contributed by atoms with Crippen LogP contribution < -0.4 is 9.47 Å². The number of rotatable bonds is 6. The fourth-order valence-electron chi connectivity index (χ4n) is 2.43. The van der Waals surface area contributed by atoms with Crippen molar-refractivity contribution in [2.75, 3.05) is 7.11 Å². The number of carboxylic acids is 1. The fraction of sp³-hybridized carbons (Fsp3) is 0.533. The van der Waals surface area contributed by atoms with E-state index in [1.807, 2.05) is 13.8 Å². The Kier molecular flexibility index (Phi) is 3.88. The molecule has 110 valence electrons. The number of ether oxygens (including phenoxy) is 2. The third kappa shape index (κ3) is 2.86. The highest BCUT2D eigenvalue weighted by molar-refractivity contribution is 5.70. The van der Waals surface area contributed by atoms with Crippen LogP contribution in [0.5, 0.6) is 11.5 Å². The van der Waals surface area contributed by atoms with Gasteiger partial charge < -0.3 is 14.6 Å². The number of aliphatic carboxylic acids is 1. The molecule has 0 spiro atoms. The van der Waals surface area contributed by atoms with Gasteiger partial charge in [-0.05, 0) is 38.3 Å². The number of hydrogen-bond acceptors (Lipinski definition) is 3. The molecule has 0 atom stereocenters. The summed E-state index contributed by atoms with van der Waals surface area (Å²) < 4.78 is 24.9. The molecule has 1 aromatic carbocycles. The van der Waals surface area contributed by atoms with Gasteiger partial charge >= 0.3 is 5.97 Å². The Morgan fingerprint density at radius 1 is 1.40 bits per heavy atom. The van der Waals surface area contributed by atoms with Crippen molar-refractivity contribution < 1.29 is 23.8 Å². The second-order valence-electron chi connectivity index (χ2n) is 5.50. The molecule has 0 amide bonds. The molecule has 0 radical (unpaired) electrons. The summed E-state index contributed by atoms with van der Waals surface area (Å²) in [6.07, 6.45) is 1.24. The zero-order valence-electron chi connectivity index (χ0n) is 11.9. The smallest absolute Gasteiger partial charge is 0.304 e. The number of halogens is 1. The SMILES string of the molecule is COc1cc(F)c(C2(CC(=O)O)CC2)cc1OC(C)C. The molecule has 0 bridgehead atoms. The Morgan fingerprint density at radius 3 is 2.50 bits per heavy atom. The average molecular weight is 282 g/mol. The minimum absolute atomic E-state index is 0.0582. The molecule has 5 heteroatoms. The number of carboxylic acid groups (broad SMARTS) is 1. The largest absolute Gasteiger partial charge is 0.493 e. The van der Waals surface area contributed by atoms with Crippen LogP contribution in [0.25, 0.3) is 0 Å². The van der Waals surface area contributed by atoms with Crippen LogP contribution in [0, 0.1) is 5.82 Å². The van der Waals surface area contributed by atoms with Crippen molar-refractivity contribution in [1.29, 1.82) is 0 Å². The normalized spacial score (nSPS) is 16.1. The van der Waals surface area contributed by atoms with Gasteiger partial charge in [0, 0.05) is 11.5 Å². The zero-order valence-corrected chi connectivity index (χ0v) is 11.9. The van der Waals surface area contributed by atoms with Gasteiger partial charge in [-0.25, -0.2) is 4.39 Å². The fourth-order valence-corrected chi connectivity index (χ4v) is 2.43. The maximum Gasteiger partial charge on any atom is 0.304 e. The van der Waals surface area contributed by atoms with Crippen LogP contribution in [0.2, 0.25) is 0 Å². The molecule has 1 aromatic rings. The standard InChI is InChI=1S/C15H19FO4/c1-9(2)20-13-6-10(11(16)7-12(13)19-3)15(4-5-15)8-14(17)18/h6-7,9H,4-5,8H2,1-3H3,(H,17,18). The first-order chi connectivity index (χ1) is 9.38. The Hall–Kier alpha value is -1.78. The Morgan fingerprint density at radius 2 is 2.05 bits per heavy atom. The second-order valence-corrected chi connectivity index (χ2v) is 5.50. The molecule has 1 saturated carbocycles. The van der Waals surface area contributed by atoms with Gasteiger partial charge in [0.05, 0.1) is 19.6 Å². The molecule has 0 aliphatic heterocycles. The topological polar surface area (TPSA) is 55.8 Å². The van der Waals surface area contributed by atoms with E-state index < -0.39 is 17.2 Å². The van der Waals surface area contributed by atoms with Gasteiger partial charge in [-0.2, -0.15) is 0 Å². The summed E-state index contributed by atoms with van der Waals surface area (Å²) in [4.78, 5) is 10.9. The third-order valence-electron chi connectivity index (χ3n) is 3.53. The molecule has 1 fully saturated rings. The van der Waals surface area contributed by atoms with E-state index in [1.54, 1.807) is 6.07 Å². The highest BCUT2D eigenvalue weighted by Gasteiger charge is 2.48. The number of hydrogen-bond donors (Lipinski definition) is 1. The van der Waals surface area contributed by atoms with Crippen molar-refractivity contribution in [3.8, 4) is 11.5 Å². The molecule has 1 aliphatic carbocycles. The Bertz CT molecular complexity index is 521. The van der Waals surface area contributed by atoms with Crippen LogP contribution >= 0.6 is 0 Å². The minimum Gasteiger partial charge on any atom is -0.493 e. The molecule has 0 aromatic heterocycles. The summed E-state index contributed by atoms with van der Waals surface area (Å²) in [5.74, 6) is -0.567. The maximum absolute atomic E-state index is 14.2. The first-order valence-electron chi connectivity index (χ1n) is 6.64. The Balaban J connectivity index is 2.41. The van der Waals surface area contributed by atoms with E-state index in [-0.39, 0.29) is 12.5 Å². The summed E-state index contributed by atoms with van der Waals surface area (Å²) in [5, 5.41) is 8.98. The Labute approximate surface area is 117 Å². The first kappa shape index (κ1) is 14.6. The van der Waals surface area contributed by atoms with Gasteiger partial charge in [-0.3, -0.25) is 4.79 Å². The summed E-state index contributed by atoms with van der Waals surface area (Å²) in [5.41, 5.74) is -0.173. The van der Waals surface area contributed by atoms with E-state index in [1.165, 1.54) is 13.2 Å². The van der Waals surface area contributed by atoms with E-state index in [4.69, 9.17) is 14.6 Å². The second kappa shape index (κ2) is 5.31. The van der Waals surface area contributed by atoms with Gasteiger partial charge in [0.1, 0.15) is 5.82 Å². The molecule has 20 heavy (non-hydrogen) atoms. The van der Waals surface area contributed by atoms with Crippen LogP contribution in [-0.4, -0.2) is 24.3 Å². The van der Waals surface area contributed by atoms with Crippen molar-refractivity contribution >= 4 is 5.97 Å². The van der Waals surface area contributed by atoms with Crippen LogP contribution in [0.3, 0.4) is 0 Å². The van der Waals surface area contributed by atoms with Crippen molar-refractivity contribution in [2.45, 2.75) is 44.6 Å². The average Bonchev–Trinajstić information content (AvgIpc) is 3.10. The maximum atomic E-state index is 14.2. The van der Waals surface area contributed by atoms with Gasteiger partial charge in [0.15, 0.2) is 11.5 Å². The third-order valence-corrected chi connectivity index (χ3v) is 3.53. The summed E-state index contributed by atoms with van der Waals surface area (Å²) in [7, 11) is 1.45. The van der Waals surface area contributed by atoms with Gasteiger partial charge in [-0.15, -0.1) is 0 Å². The predicted octanol–water partition coefficient (Wildman–Crippen LogP) is 3.13. The summed E-state index contributed by atoms with van der Waals surface area (Å²) in [6.45, 7) is 3.74. The molecule has 0 heterocycles. The molecule has 1 N–H and O–H groups in total. The molecule has 0 saturated heterocycles. The molecule has 4 nitrogen and oxygen atoms in total. The van der Waals surface area contributed by atoms with Crippen LogP contribution in [0.15, 0.2) is 12.1 Å². The summed E-state index contributed by atoms with van der Waals surface area (Å²) in [6, 6.07) is 2.86. The highest BCUT2D eigenvalue weighted by Crippen LogP contribution is 2.53. The van der Waals surface area contributed by atoms with E-state index in [0.717, 1.165) is 0 Å². The number of benzene rings is 1. The molecular formula is C15H19FO4. The molecular weight excluding hydrogens is 263 g/mol. The molecule has 1 aliphatic rings. The van der Waals surface area contributed by atoms with Gasteiger partial charge in [0.25, 0.3) is 0 Å². The lowest BCUT2D eigenvalue weighted by Gasteiger charge is -2.19.